The lowest BCUT2D eigenvalue weighted by molar-refractivity contribution is -0.386. The highest BCUT2D eigenvalue weighted by atomic mass is 16.6. The number of benzene rings is 1. The minimum absolute atomic E-state index is 0.00801. The fraction of sp³-hybridized carbons (Fsp3) is 0.462. The summed E-state index contributed by atoms with van der Waals surface area (Å²) >= 11 is 0. The first-order valence-corrected chi connectivity index (χ1v) is 6.07. The van der Waals surface area contributed by atoms with Crippen molar-refractivity contribution < 1.29 is 19.6 Å². The molecule has 0 bridgehead atoms. The number of nitro groups is 1. The SMILES string of the molecule is CC(C)CCCOc1cccc(C(=O)O)c1[N+](=O)[O-]. The molecule has 6 heteroatoms. The van der Waals surface area contributed by atoms with Gasteiger partial charge in [0, 0.05) is 0 Å². The summed E-state index contributed by atoms with van der Waals surface area (Å²) < 4.78 is 5.33. The van der Waals surface area contributed by atoms with Crippen molar-refractivity contribution in [1.29, 1.82) is 0 Å². The molecule has 0 aromatic heterocycles. The summed E-state index contributed by atoms with van der Waals surface area (Å²) in [6.45, 7) is 4.49. The van der Waals surface area contributed by atoms with Gasteiger partial charge in [0.1, 0.15) is 5.56 Å². The molecule has 0 aliphatic carbocycles. The number of ether oxygens (including phenoxy) is 1. The Kier molecular flexibility index (Phi) is 5.29. The van der Waals surface area contributed by atoms with E-state index >= 15 is 0 Å². The van der Waals surface area contributed by atoms with Gasteiger partial charge in [-0.15, -0.1) is 0 Å². The maximum atomic E-state index is 11.0. The summed E-state index contributed by atoms with van der Waals surface area (Å²) in [5, 5.41) is 19.9. The molecule has 1 rings (SSSR count). The van der Waals surface area contributed by atoms with E-state index in [9.17, 15) is 14.9 Å². The summed E-state index contributed by atoms with van der Waals surface area (Å²) in [6.07, 6.45) is 1.72. The highest BCUT2D eigenvalue weighted by Crippen LogP contribution is 2.31. The third kappa shape index (κ3) is 4.24. The molecule has 19 heavy (non-hydrogen) atoms. The highest BCUT2D eigenvalue weighted by molar-refractivity contribution is 5.93. The van der Waals surface area contributed by atoms with Gasteiger partial charge in [0.25, 0.3) is 0 Å². The fourth-order valence-corrected chi connectivity index (χ4v) is 1.67. The Morgan fingerprint density at radius 1 is 1.47 bits per heavy atom. The van der Waals surface area contributed by atoms with Crippen molar-refractivity contribution >= 4 is 11.7 Å². The van der Waals surface area contributed by atoms with Gasteiger partial charge in [-0.2, -0.15) is 0 Å². The molecule has 1 aromatic rings. The van der Waals surface area contributed by atoms with Crippen LogP contribution in [-0.4, -0.2) is 22.6 Å². The van der Waals surface area contributed by atoms with E-state index in [1.165, 1.54) is 18.2 Å². The van der Waals surface area contributed by atoms with Crippen LogP contribution in [0.4, 0.5) is 5.69 Å². The number of rotatable bonds is 7. The molecule has 0 atom stereocenters. The maximum absolute atomic E-state index is 11.0. The lowest BCUT2D eigenvalue weighted by atomic mass is 10.1. The van der Waals surface area contributed by atoms with Crippen molar-refractivity contribution in [2.75, 3.05) is 6.61 Å². The molecule has 1 N–H and O–H groups in total. The number of aromatic carboxylic acids is 1. The van der Waals surface area contributed by atoms with Crippen LogP contribution in [0.15, 0.2) is 18.2 Å². The van der Waals surface area contributed by atoms with Gasteiger partial charge in [-0.1, -0.05) is 19.9 Å². The lowest BCUT2D eigenvalue weighted by Gasteiger charge is -2.09. The Bertz CT molecular complexity index is 470. The van der Waals surface area contributed by atoms with Crippen molar-refractivity contribution in [2.24, 2.45) is 5.92 Å². The van der Waals surface area contributed by atoms with E-state index in [0.717, 1.165) is 12.8 Å². The minimum Gasteiger partial charge on any atom is -0.487 e. The van der Waals surface area contributed by atoms with E-state index in [1.54, 1.807) is 0 Å². The Morgan fingerprint density at radius 3 is 2.68 bits per heavy atom. The standard InChI is InChI=1S/C13H17NO5/c1-9(2)5-4-8-19-11-7-3-6-10(13(15)16)12(11)14(17)18/h3,6-7,9H,4-5,8H2,1-2H3,(H,15,16). The van der Waals surface area contributed by atoms with Gasteiger partial charge < -0.3 is 9.84 Å². The van der Waals surface area contributed by atoms with Crippen LogP contribution >= 0.6 is 0 Å². The smallest absolute Gasteiger partial charge is 0.342 e. The van der Waals surface area contributed by atoms with Crippen molar-refractivity contribution in [1.82, 2.24) is 0 Å². The van der Waals surface area contributed by atoms with Crippen LogP contribution in [0.1, 0.15) is 37.0 Å². The predicted molar refractivity (Wildman–Crippen MR) is 69.6 cm³/mol. The van der Waals surface area contributed by atoms with E-state index < -0.39 is 16.6 Å². The maximum Gasteiger partial charge on any atom is 0.342 e. The van der Waals surface area contributed by atoms with Gasteiger partial charge in [-0.25, -0.2) is 4.79 Å². The van der Waals surface area contributed by atoms with Crippen LogP contribution in [0.3, 0.4) is 0 Å². The zero-order valence-corrected chi connectivity index (χ0v) is 11.0. The highest BCUT2D eigenvalue weighted by Gasteiger charge is 2.25. The van der Waals surface area contributed by atoms with Gasteiger partial charge >= 0.3 is 11.7 Å². The number of carboxylic acid groups (broad SMARTS) is 1. The predicted octanol–water partition coefficient (Wildman–Crippen LogP) is 3.11. The zero-order valence-electron chi connectivity index (χ0n) is 11.0. The lowest BCUT2D eigenvalue weighted by Crippen LogP contribution is -2.07. The second-order valence-corrected chi connectivity index (χ2v) is 4.60. The topological polar surface area (TPSA) is 89.7 Å². The van der Waals surface area contributed by atoms with E-state index in [4.69, 9.17) is 9.84 Å². The van der Waals surface area contributed by atoms with Crippen LogP contribution in [0.25, 0.3) is 0 Å². The van der Waals surface area contributed by atoms with Crippen LogP contribution in [0.2, 0.25) is 0 Å². The Balaban J connectivity index is 2.85. The summed E-state index contributed by atoms with van der Waals surface area (Å²) in [7, 11) is 0. The Labute approximate surface area is 111 Å². The summed E-state index contributed by atoms with van der Waals surface area (Å²) in [5.74, 6) is -0.795. The van der Waals surface area contributed by atoms with E-state index in [1.807, 2.05) is 0 Å². The summed E-state index contributed by atoms with van der Waals surface area (Å²) in [5.41, 5.74) is -0.842. The molecule has 0 aliphatic rings. The molecule has 1 aromatic carbocycles. The van der Waals surface area contributed by atoms with Gasteiger partial charge in [0.05, 0.1) is 11.5 Å². The molecule has 0 saturated carbocycles. The molecule has 0 unspecified atom stereocenters. The molecule has 104 valence electrons. The summed E-state index contributed by atoms with van der Waals surface area (Å²) in [6, 6.07) is 4.05. The molecule has 0 heterocycles. The second-order valence-electron chi connectivity index (χ2n) is 4.60. The zero-order chi connectivity index (χ0) is 14.4. The van der Waals surface area contributed by atoms with E-state index in [-0.39, 0.29) is 11.3 Å². The second kappa shape index (κ2) is 6.72. The normalized spacial score (nSPS) is 10.5. The van der Waals surface area contributed by atoms with Crippen LogP contribution in [0, 0.1) is 16.0 Å². The summed E-state index contributed by atoms with van der Waals surface area (Å²) in [4.78, 5) is 21.2. The number of hydrogen-bond acceptors (Lipinski definition) is 4. The molecule has 0 aliphatic heterocycles. The first kappa shape index (κ1) is 14.9. The minimum atomic E-state index is -1.33. The van der Waals surface area contributed by atoms with Gasteiger partial charge in [0.15, 0.2) is 5.75 Å². The number of para-hydroxylation sites is 1. The largest absolute Gasteiger partial charge is 0.487 e. The van der Waals surface area contributed by atoms with Crippen molar-refractivity contribution in [3.8, 4) is 5.75 Å². The molecule has 0 fully saturated rings. The van der Waals surface area contributed by atoms with E-state index in [0.29, 0.717) is 12.5 Å². The van der Waals surface area contributed by atoms with Gasteiger partial charge in [0.2, 0.25) is 0 Å². The first-order chi connectivity index (χ1) is 8.93. The molecular formula is C13H17NO5. The fourth-order valence-electron chi connectivity index (χ4n) is 1.67. The van der Waals surface area contributed by atoms with Crippen LogP contribution in [-0.2, 0) is 0 Å². The molecule has 0 saturated heterocycles. The third-order valence-corrected chi connectivity index (χ3v) is 2.60. The number of carboxylic acids is 1. The number of hydrogen-bond donors (Lipinski definition) is 1. The number of carbonyl (C=O) groups is 1. The first-order valence-electron chi connectivity index (χ1n) is 6.07. The van der Waals surface area contributed by atoms with Crippen molar-refractivity contribution in [3.05, 3.63) is 33.9 Å². The van der Waals surface area contributed by atoms with Crippen molar-refractivity contribution in [3.63, 3.8) is 0 Å². The number of nitrogens with zero attached hydrogens (tertiary/aromatic N) is 1. The average Bonchev–Trinajstić information content (AvgIpc) is 2.33. The van der Waals surface area contributed by atoms with Crippen LogP contribution in [0.5, 0.6) is 5.75 Å². The van der Waals surface area contributed by atoms with Crippen LogP contribution < -0.4 is 4.74 Å². The number of nitro benzene ring substituents is 1. The van der Waals surface area contributed by atoms with Crippen molar-refractivity contribution in [2.45, 2.75) is 26.7 Å². The monoisotopic (exact) mass is 267 g/mol. The molecular weight excluding hydrogens is 250 g/mol. The average molecular weight is 267 g/mol. The molecule has 0 spiro atoms. The Morgan fingerprint density at radius 2 is 2.16 bits per heavy atom. The van der Waals surface area contributed by atoms with Gasteiger partial charge in [-0.05, 0) is 30.9 Å². The molecule has 6 nitrogen and oxygen atoms in total. The van der Waals surface area contributed by atoms with E-state index in [2.05, 4.69) is 13.8 Å². The third-order valence-electron chi connectivity index (χ3n) is 2.60. The quantitative estimate of drug-likeness (QED) is 0.465. The molecule has 0 amide bonds. The van der Waals surface area contributed by atoms with Gasteiger partial charge in [-0.3, -0.25) is 10.1 Å². The molecule has 0 radical (unpaired) electrons. The Hall–Kier alpha value is -2.11.